The highest BCUT2D eigenvalue weighted by Gasteiger charge is 2.16. The summed E-state index contributed by atoms with van der Waals surface area (Å²) < 4.78 is 27.6. The minimum Gasteiger partial charge on any atom is -0.324 e. The highest BCUT2D eigenvalue weighted by molar-refractivity contribution is 9.10. The van der Waals surface area contributed by atoms with Gasteiger partial charge in [-0.15, -0.1) is 0 Å². The standard InChI is InChI=1S/C12H20BrN3O2S/c1-9(14)11-8-10(4-5-12(11)13)19(17,18)15-6-7-16(2)3/h4-5,8-9,15H,6-7,14H2,1-3H3/t9-/m1/s1. The van der Waals surface area contributed by atoms with E-state index in [4.69, 9.17) is 5.73 Å². The van der Waals surface area contributed by atoms with Gasteiger partial charge in [-0.25, -0.2) is 13.1 Å². The van der Waals surface area contributed by atoms with Crippen molar-refractivity contribution in [3.63, 3.8) is 0 Å². The van der Waals surface area contributed by atoms with Crippen LogP contribution in [0.1, 0.15) is 18.5 Å². The maximum atomic E-state index is 12.1. The monoisotopic (exact) mass is 349 g/mol. The molecule has 1 aromatic carbocycles. The molecule has 0 aromatic heterocycles. The van der Waals surface area contributed by atoms with Crippen LogP contribution in [0.3, 0.4) is 0 Å². The van der Waals surface area contributed by atoms with Crippen LogP contribution in [0.25, 0.3) is 0 Å². The lowest BCUT2D eigenvalue weighted by atomic mass is 10.1. The van der Waals surface area contributed by atoms with Crippen LogP contribution in [0.5, 0.6) is 0 Å². The Morgan fingerprint density at radius 1 is 1.42 bits per heavy atom. The van der Waals surface area contributed by atoms with Crippen LogP contribution in [0.2, 0.25) is 0 Å². The molecule has 19 heavy (non-hydrogen) atoms. The van der Waals surface area contributed by atoms with E-state index in [0.717, 1.165) is 10.0 Å². The fourth-order valence-corrected chi connectivity index (χ4v) is 3.19. The molecule has 0 saturated heterocycles. The first-order valence-electron chi connectivity index (χ1n) is 5.93. The summed E-state index contributed by atoms with van der Waals surface area (Å²) in [5, 5.41) is 0. The Morgan fingerprint density at radius 2 is 2.05 bits per heavy atom. The van der Waals surface area contributed by atoms with E-state index in [9.17, 15) is 8.42 Å². The van der Waals surface area contributed by atoms with Gasteiger partial charge in [-0.05, 0) is 44.8 Å². The van der Waals surface area contributed by atoms with Crippen molar-refractivity contribution >= 4 is 26.0 Å². The van der Waals surface area contributed by atoms with Gasteiger partial charge in [-0.3, -0.25) is 0 Å². The second kappa shape index (κ2) is 6.81. The van der Waals surface area contributed by atoms with Crippen LogP contribution in [0.4, 0.5) is 0 Å². The second-order valence-corrected chi connectivity index (χ2v) is 7.29. The van der Waals surface area contributed by atoms with Crippen LogP contribution >= 0.6 is 15.9 Å². The molecule has 0 unspecified atom stereocenters. The van der Waals surface area contributed by atoms with Crippen LogP contribution in [0, 0.1) is 0 Å². The van der Waals surface area contributed by atoms with E-state index in [1.165, 1.54) is 0 Å². The third-order valence-electron chi connectivity index (χ3n) is 2.62. The summed E-state index contributed by atoms with van der Waals surface area (Å²) in [6.45, 7) is 2.84. The zero-order chi connectivity index (χ0) is 14.6. The number of hydrogen-bond acceptors (Lipinski definition) is 4. The van der Waals surface area contributed by atoms with Gasteiger partial charge in [0.1, 0.15) is 0 Å². The quantitative estimate of drug-likeness (QED) is 0.811. The van der Waals surface area contributed by atoms with Crippen LogP contribution in [-0.4, -0.2) is 40.5 Å². The van der Waals surface area contributed by atoms with Crippen LogP contribution in [0.15, 0.2) is 27.6 Å². The number of nitrogens with two attached hydrogens (primary N) is 1. The highest BCUT2D eigenvalue weighted by atomic mass is 79.9. The predicted octanol–water partition coefficient (Wildman–Crippen LogP) is 1.31. The zero-order valence-electron chi connectivity index (χ0n) is 11.4. The molecule has 0 aliphatic rings. The van der Waals surface area contributed by atoms with Crippen molar-refractivity contribution in [2.45, 2.75) is 17.9 Å². The van der Waals surface area contributed by atoms with E-state index in [2.05, 4.69) is 20.7 Å². The fourth-order valence-electron chi connectivity index (χ4n) is 1.52. The number of rotatable bonds is 6. The van der Waals surface area contributed by atoms with Gasteiger partial charge in [0.15, 0.2) is 0 Å². The van der Waals surface area contributed by atoms with Gasteiger partial charge in [-0.1, -0.05) is 15.9 Å². The van der Waals surface area contributed by atoms with Gasteiger partial charge in [0.05, 0.1) is 4.90 Å². The molecule has 0 heterocycles. The van der Waals surface area contributed by atoms with Gasteiger partial charge in [0.25, 0.3) is 0 Å². The van der Waals surface area contributed by atoms with E-state index in [-0.39, 0.29) is 10.9 Å². The average Bonchev–Trinajstić information content (AvgIpc) is 2.27. The Kier molecular flexibility index (Phi) is 5.94. The molecule has 0 aliphatic carbocycles. The summed E-state index contributed by atoms with van der Waals surface area (Å²) >= 11 is 3.37. The molecule has 0 radical (unpaired) electrons. The van der Waals surface area contributed by atoms with Crippen molar-refractivity contribution in [3.8, 4) is 0 Å². The number of hydrogen-bond donors (Lipinski definition) is 2. The molecule has 1 rings (SSSR count). The van der Waals surface area contributed by atoms with Gasteiger partial charge in [-0.2, -0.15) is 0 Å². The van der Waals surface area contributed by atoms with E-state index in [0.29, 0.717) is 13.1 Å². The van der Waals surface area contributed by atoms with Crippen molar-refractivity contribution < 1.29 is 8.42 Å². The zero-order valence-corrected chi connectivity index (χ0v) is 13.8. The van der Waals surface area contributed by atoms with Crippen molar-refractivity contribution in [1.29, 1.82) is 0 Å². The van der Waals surface area contributed by atoms with Crippen LogP contribution in [-0.2, 0) is 10.0 Å². The Morgan fingerprint density at radius 3 is 2.58 bits per heavy atom. The first-order valence-corrected chi connectivity index (χ1v) is 8.21. The average molecular weight is 350 g/mol. The van der Waals surface area contributed by atoms with E-state index in [1.54, 1.807) is 18.2 Å². The summed E-state index contributed by atoms with van der Waals surface area (Å²) in [5.74, 6) is 0. The van der Waals surface area contributed by atoms with Crippen molar-refractivity contribution in [1.82, 2.24) is 9.62 Å². The third kappa shape index (κ3) is 4.85. The maximum Gasteiger partial charge on any atom is 0.240 e. The third-order valence-corrected chi connectivity index (χ3v) is 4.80. The summed E-state index contributed by atoms with van der Waals surface area (Å²) in [5.41, 5.74) is 6.59. The lowest BCUT2D eigenvalue weighted by Gasteiger charge is -2.13. The molecule has 108 valence electrons. The van der Waals surface area contributed by atoms with Gasteiger partial charge in [0, 0.05) is 23.6 Å². The predicted molar refractivity (Wildman–Crippen MR) is 80.5 cm³/mol. The molecule has 5 nitrogen and oxygen atoms in total. The second-order valence-electron chi connectivity index (χ2n) is 4.67. The number of nitrogens with zero attached hydrogens (tertiary/aromatic N) is 1. The molecule has 0 spiro atoms. The Bertz CT molecular complexity index is 530. The SMILES string of the molecule is C[C@@H](N)c1cc(S(=O)(=O)NCCN(C)C)ccc1Br. The summed E-state index contributed by atoms with van der Waals surface area (Å²) in [7, 11) is 0.300. The van der Waals surface area contributed by atoms with Crippen molar-refractivity contribution in [2.75, 3.05) is 27.2 Å². The molecule has 0 bridgehead atoms. The normalized spacial score (nSPS) is 13.8. The minimum absolute atomic E-state index is 0.230. The Balaban J connectivity index is 2.92. The molecule has 0 fully saturated rings. The molecule has 7 heteroatoms. The van der Waals surface area contributed by atoms with Crippen molar-refractivity contribution in [2.24, 2.45) is 5.73 Å². The van der Waals surface area contributed by atoms with E-state index < -0.39 is 10.0 Å². The number of halogens is 1. The number of nitrogens with one attached hydrogen (secondary N) is 1. The van der Waals surface area contributed by atoms with Gasteiger partial charge in [0.2, 0.25) is 10.0 Å². The molecule has 0 amide bonds. The lowest BCUT2D eigenvalue weighted by molar-refractivity contribution is 0.412. The molecule has 1 aromatic rings. The van der Waals surface area contributed by atoms with Crippen molar-refractivity contribution in [3.05, 3.63) is 28.2 Å². The Labute approximate surface area is 123 Å². The number of likely N-dealkylation sites (N-methyl/N-ethyl adjacent to an activating group) is 1. The van der Waals surface area contributed by atoms with Crippen LogP contribution < -0.4 is 10.5 Å². The largest absolute Gasteiger partial charge is 0.324 e. The summed E-state index contributed by atoms with van der Waals surface area (Å²) in [6, 6.07) is 4.64. The summed E-state index contributed by atoms with van der Waals surface area (Å²) in [4.78, 5) is 2.15. The first-order chi connectivity index (χ1) is 8.74. The lowest BCUT2D eigenvalue weighted by Crippen LogP contribution is -2.31. The molecule has 1 atom stereocenters. The highest BCUT2D eigenvalue weighted by Crippen LogP contribution is 2.25. The molecular weight excluding hydrogens is 330 g/mol. The fraction of sp³-hybridized carbons (Fsp3) is 0.500. The van der Waals surface area contributed by atoms with Gasteiger partial charge < -0.3 is 10.6 Å². The molecule has 3 N–H and O–H groups in total. The first kappa shape index (κ1) is 16.6. The molecule has 0 saturated carbocycles. The number of sulfonamides is 1. The van der Waals surface area contributed by atoms with E-state index in [1.807, 2.05) is 25.9 Å². The minimum atomic E-state index is -3.48. The maximum absolute atomic E-state index is 12.1. The smallest absolute Gasteiger partial charge is 0.240 e. The molecular formula is C12H20BrN3O2S. The van der Waals surface area contributed by atoms with Gasteiger partial charge >= 0.3 is 0 Å². The molecule has 0 aliphatic heterocycles. The topological polar surface area (TPSA) is 75.4 Å². The van der Waals surface area contributed by atoms with E-state index >= 15 is 0 Å². The summed E-state index contributed by atoms with van der Waals surface area (Å²) in [6.07, 6.45) is 0. The number of benzene rings is 1. The Hall–Kier alpha value is -0.470.